The Morgan fingerprint density at radius 1 is 1.17 bits per heavy atom. The molecule has 0 radical (unpaired) electrons. The number of hydrogen-bond acceptors (Lipinski definition) is 3. The molecular weight excluding hydrogens is 475 g/mol. The van der Waals surface area contributed by atoms with E-state index in [2.05, 4.69) is 58.3 Å². The van der Waals surface area contributed by atoms with E-state index in [1.807, 2.05) is 7.05 Å². The molecule has 1 aromatic rings. The molecule has 2 aliphatic rings. The second kappa shape index (κ2) is 12.0. The molecule has 0 atom stereocenters. The first kappa shape index (κ1) is 24.3. The largest absolute Gasteiger partial charge is 0.382 e. The molecule has 1 heterocycles. The Kier molecular flexibility index (Phi) is 10.0. The second-order valence-corrected chi connectivity index (χ2v) is 8.42. The molecule has 1 aliphatic carbocycles. The van der Waals surface area contributed by atoms with E-state index >= 15 is 0 Å². The SMILES string of the molecule is CCOCCC1(CNC(=NC)N(C)Cc2ccc(N3CCCCC3)cc2)CC1.I. The molecule has 1 saturated heterocycles. The summed E-state index contributed by atoms with van der Waals surface area (Å²) in [4.78, 5) is 9.22. The fraction of sp³-hybridized carbons (Fsp3) is 0.696. The van der Waals surface area contributed by atoms with Crippen LogP contribution in [-0.2, 0) is 11.3 Å². The average Bonchev–Trinajstić information content (AvgIpc) is 3.50. The Balaban J connectivity index is 0.00000300. The lowest BCUT2D eigenvalue weighted by Crippen LogP contribution is -2.41. The molecule has 1 N–H and O–H groups in total. The number of hydrogen-bond donors (Lipinski definition) is 1. The number of anilines is 1. The molecule has 0 unspecified atom stereocenters. The Morgan fingerprint density at radius 3 is 2.45 bits per heavy atom. The molecule has 0 amide bonds. The third-order valence-electron chi connectivity index (χ3n) is 6.21. The molecule has 5 nitrogen and oxygen atoms in total. The highest BCUT2D eigenvalue weighted by Gasteiger charge is 2.42. The molecule has 0 bridgehead atoms. The minimum atomic E-state index is 0. The highest BCUT2D eigenvalue weighted by molar-refractivity contribution is 14.0. The maximum absolute atomic E-state index is 5.55. The standard InChI is InChI=1S/C23H38N4O.HI/c1-4-28-17-14-23(12-13-23)19-25-22(24-2)26(3)18-20-8-10-21(11-9-20)27-15-6-5-7-16-27;/h8-11H,4-7,12-19H2,1-3H3,(H,24,25);1H. The Labute approximate surface area is 194 Å². The van der Waals surface area contributed by atoms with Gasteiger partial charge in [0.15, 0.2) is 5.96 Å². The summed E-state index contributed by atoms with van der Waals surface area (Å²) in [5.74, 6) is 0.975. The van der Waals surface area contributed by atoms with Crippen molar-refractivity contribution < 1.29 is 4.74 Å². The number of rotatable bonds is 9. The van der Waals surface area contributed by atoms with Crippen LogP contribution in [0.4, 0.5) is 5.69 Å². The van der Waals surface area contributed by atoms with Gasteiger partial charge in [-0.3, -0.25) is 4.99 Å². The first-order valence-electron chi connectivity index (χ1n) is 11.0. The van der Waals surface area contributed by atoms with Gasteiger partial charge >= 0.3 is 0 Å². The molecule has 1 aromatic carbocycles. The van der Waals surface area contributed by atoms with Gasteiger partial charge in [0.2, 0.25) is 0 Å². The maximum Gasteiger partial charge on any atom is 0.193 e. The van der Waals surface area contributed by atoms with Gasteiger partial charge in [0, 0.05) is 59.2 Å². The smallest absolute Gasteiger partial charge is 0.193 e. The second-order valence-electron chi connectivity index (χ2n) is 8.42. The maximum atomic E-state index is 5.55. The van der Waals surface area contributed by atoms with Crippen molar-refractivity contribution in [3.63, 3.8) is 0 Å². The summed E-state index contributed by atoms with van der Waals surface area (Å²) in [7, 11) is 3.99. The lowest BCUT2D eigenvalue weighted by atomic mass is 10.0. The van der Waals surface area contributed by atoms with Gasteiger partial charge in [0.05, 0.1) is 0 Å². The van der Waals surface area contributed by atoms with Crippen LogP contribution >= 0.6 is 24.0 Å². The van der Waals surface area contributed by atoms with Crippen LogP contribution in [0.2, 0.25) is 0 Å². The van der Waals surface area contributed by atoms with Crippen molar-refractivity contribution in [2.75, 3.05) is 51.8 Å². The monoisotopic (exact) mass is 514 g/mol. The van der Waals surface area contributed by atoms with E-state index in [-0.39, 0.29) is 24.0 Å². The summed E-state index contributed by atoms with van der Waals surface area (Å²) in [5, 5.41) is 3.59. The molecular formula is C23H39IN4O. The van der Waals surface area contributed by atoms with Crippen LogP contribution in [0.15, 0.2) is 29.3 Å². The number of benzene rings is 1. The van der Waals surface area contributed by atoms with Crippen molar-refractivity contribution in [3.05, 3.63) is 29.8 Å². The summed E-state index contributed by atoms with van der Waals surface area (Å²) in [6.45, 7) is 7.99. The number of guanidine groups is 1. The van der Waals surface area contributed by atoms with Crippen LogP contribution in [0.3, 0.4) is 0 Å². The third kappa shape index (κ3) is 7.31. The molecule has 6 heteroatoms. The molecule has 2 fully saturated rings. The fourth-order valence-electron chi connectivity index (χ4n) is 4.09. The number of nitrogens with zero attached hydrogens (tertiary/aromatic N) is 3. The Hall–Kier alpha value is -1.02. The molecule has 3 rings (SSSR count). The molecule has 164 valence electrons. The van der Waals surface area contributed by atoms with E-state index in [1.165, 1.54) is 56.4 Å². The first-order valence-corrected chi connectivity index (χ1v) is 11.0. The van der Waals surface area contributed by atoms with E-state index in [4.69, 9.17) is 4.74 Å². The Morgan fingerprint density at radius 2 is 1.86 bits per heavy atom. The van der Waals surface area contributed by atoms with Gasteiger partial charge in [-0.15, -0.1) is 24.0 Å². The lowest BCUT2D eigenvalue weighted by Gasteiger charge is -2.29. The van der Waals surface area contributed by atoms with Crippen LogP contribution in [0.25, 0.3) is 0 Å². The summed E-state index contributed by atoms with van der Waals surface area (Å²) < 4.78 is 5.55. The van der Waals surface area contributed by atoms with Crippen LogP contribution in [0.1, 0.15) is 51.0 Å². The van der Waals surface area contributed by atoms with Crippen LogP contribution in [0.5, 0.6) is 0 Å². The Bertz CT molecular complexity index is 624. The van der Waals surface area contributed by atoms with Crippen molar-refractivity contribution in [2.45, 2.75) is 52.0 Å². The summed E-state index contributed by atoms with van der Waals surface area (Å²) in [6, 6.07) is 9.07. The summed E-state index contributed by atoms with van der Waals surface area (Å²) in [5.41, 5.74) is 3.10. The zero-order valence-corrected chi connectivity index (χ0v) is 20.8. The van der Waals surface area contributed by atoms with E-state index < -0.39 is 0 Å². The predicted molar refractivity (Wildman–Crippen MR) is 134 cm³/mol. The van der Waals surface area contributed by atoms with E-state index in [0.717, 1.165) is 38.7 Å². The van der Waals surface area contributed by atoms with Crippen LogP contribution < -0.4 is 10.2 Å². The zero-order chi connectivity index (χ0) is 19.8. The fourth-order valence-corrected chi connectivity index (χ4v) is 4.09. The average molecular weight is 514 g/mol. The third-order valence-corrected chi connectivity index (χ3v) is 6.21. The quantitative estimate of drug-likeness (QED) is 0.228. The lowest BCUT2D eigenvalue weighted by molar-refractivity contribution is 0.128. The van der Waals surface area contributed by atoms with Crippen LogP contribution in [0, 0.1) is 5.41 Å². The van der Waals surface area contributed by atoms with Crippen molar-refractivity contribution in [1.82, 2.24) is 10.2 Å². The van der Waals surface area contributed by atoms with Crippen molar-refractivity contribution in [3.8, 4) is 0 Å². The van der Waals surface area contributed by atoms with E-state index in [1.54, 1.807) is 0 Å². The van der Waals surface area contributed by atoms with Gasteiger partial charge in [-0.25, -0.2) is 0 Å². The minimum Gasteiger partial charge on any atom is -0.382 e. The topological polar surface area (TPSA) is 40.1 Å². The first-order chi connectivity index (χ1) is 13.7. The van der Waals surface area contributed by atoms with Gasteiger partial charge in [0.1, 0.15) is 0 Å². The van der Waals surface area contributed by atoms with Crippen molar-refractivity contribution >= 4 is 35.6 Å². The number of ether oxygens (including phenoxy) is 1. The van der Waals surface area contributed by atoms with Gasteiger partial charge in [-0.1, -0.05) is 12.1 Å². The van der Waals surface area contributed by atoms with E-state index in [9.17, 15) is 0 Å². The number of aliphatic imine (C=N–C) groups is 1. The molecule has 0 spiro atoms. The molecule has 1 aliphatic heterocycles. The number of piperidine rings is 1. The minimum absolute atomic E-state index is 0. The number of nitrogens with one attached hydrogen (secondary N) is 1. The summed E-state index contributed by atoms with van der Waals surface area (Å²) >= 11 is 0. The normalized spacial score (nSPS) is 18.2. The van der Waals surface area contributed by atoms with Gasteiger partial charge < -0.3 is 19.9 Å². The van der Waals surface area contributed by atoms with Crippen molar-refractivity contribution in [2.24, 2.45) is 10.4 Å². The van der Waals surface area contributed by atoms with Crippen molar-refractivity contribution in [1.29, 1.82) is 0 Å². The van der Waals surface area contributed by atoms with Gasteiger partial charge in [-0.2, -0.15) is 0 Å². The highest BCUT2D eigenvalue weighted by atomic mass is 127. The molecule has 1 saturated carbocycles. The van der Waals surface area contributed by atoms with E-state index in [0.29, 0.717) is 5.41 Å². The van der Waals surface area contributed by atoms with Crippen LogP contribution in [-0.4, -0.2) is 57.8 Å². The number of halogens is 1. The zero-order valence-electron chi connectivity index (χ0n) is 18.5. The summed E-state index contributed by atoms with van der Waals surface area (Å²) in [6.07, 6.45) is 7.75. The molecule has 29 heavy (non-hydrogen) atoms. The van der Waals surface area contributed by atoms with Gasteiger partial charge in [-0.05, 0) is 68.6 Å². The highest BCUT2D eigenvalue weighted by Crippen LogP contribution is 2.48. The van der Waals surface area contributed by atoms with Gasteiger partial charge in [0.25, 0.3) is 0 Å². The predicted octanol–water partition coefficient (Wildman–Crippen LogP) is 4.51. The molecule has 0 aromatic heterocycles.